The number of aromatic amines is 1. The number of fused-ring (bicyclic) bond motifs is 1. The number of hydrogen-bond donors (Lipinski definition) is 2. The van der Waals surface area contributed by atoms with Gasteiger partial charge in [-0.2, -0.15) is 0 Å². The number of nitrogens with one attached hydrogen (secondary N) is 1. The fourth-order valence-corrected chi connectivity index (χ4v) is 2.08. The van der Waals surface area contributed by atoms with Crippen LogP contribution < -0.4 is 5.73 Å². The van der Waals surface area contributed by atoms with Crippen molar-refractivity contribution in [3.05, 3.63) is 36.0 Å². The molecule has 0 radical (unpaired) electrons. The Hall–Kier alpha value is -2.63. The van der Waals surface area contributed by atoms with E-state index < -0.39 is 5.91 Å². The van der Waals surface area contributed by atoms with Crippen LogP contribution in [-0.4, -0.2) is 25.4 Å². The van der Waals surface area contributed by atoms with Gasteiger partial charge in [0.15, 0.2) is 5.82 Å². The van der Waals surface area contributed by atoms with E-state index in [0.717, 1.165) is 28.1 Å². The van der Waals surface area contributed by atoms with Gasteiger partial charge in [-0.25, -0.2) is 9.97 Å². The first-order valence-corrected chi connectivity index (χ1v) is 5.84. The quantitative estimate of drug-likeness (QED) is 0.724. The third-order valence-corrected chi connectivity index (χ3v) is 3.22. The van der Waals surface area contributed by atoms with Crippen LogP contribution in [-0.2, 0) is 7.05 Å². The number of carbonyl (C=O) groups excluding carboxylic acids is 1. The second-order valence-corrected chi connectivity index (χ2v) is 4.43. The first-order valence-electron chi connectivity index (χ1n) is 5.84. The summed E-state index contributed by atoms with van der Waals surface area (Å²) in [7, 11) is 1.98. The lowest BCUT2D eigenvalue weighted by atomic mass is 10.1. The van der Waals surface area contributed by atoms with Crippen LogP contribution in [0, 0.1) is 6.92 Å². The Morgan fingerprint density at radius 2 is 2.21 bits per heavy atom. The molecule has 0 fully saturated rings. The predicted molar refractivity (Wildman–Crippen MR) is 71.6 cm³/mol. The highest BCUT2D eigenvalue weighted by molar-refractivity contribution is 5.90. The van der Waals surface area contributed by atoms with Gasteiger partial charge >= 0.3 is 0 Å². The molecule has 0 bridgehead atoms. The molecule has 0 aliphatic heterocycles. The third-order valence-electron chi connectivity index (χ3n) is 3.22. The molecule has 0 saturated carbocycles. The van der Waals surface area contributed by atoms with Crippen LogP contribution in [0.15, 0.2) is 24.4 Å². The van der Waals surface area contributed by atoms with Gasteiger partial charge in [0, 0.05) is 12.6 Å². The number of H-pyrrole nitrogens is 1. The number of carbonyl (C=O) groups is 1. The van der Waals surface area contributed by atoms with Crippen molar-refractivity contribution in [3.8, 4) is 11.3 Å². The molecule has 6 heteroatoms. The minimum absolute atomic E-state index is 0.160. The summed E-state index contributed by atoms with van der Waals surface area (Å²) in [6, 6.07) is 5.91. The Kier molecular flexibility index (Phi) is 2.38. The van der Waals surface area contributed by atoms with Crippen molar-refractivity contribution in [1.82, 2.24) is 19.5 Å². The SMILES string of the molecule is Cc1nc2cc(-c3cnc(C(N)=O)[nH]3)ccc2n1C. The van der Waals surface area contributed by atoms with Crippen LogP contribution in [0.3, 0.4) is 0 Å². The largest absolute Gasteiger partial charge is 0.363 e. The normalized spacial score (nSPS) is 11.1. The van der Waals surface area contributed by atoms with Crippen LogP contribution in [0.25, 0.3) is 22.3 Å². The van der Waals surface area contributed by atoms with Crippen LogP contribution in [0.2, 0.25) is 0 Å². The summed E-state index contributed by atoms with van der Waals surface area (Å²) in [4.78, 5) is 22.3. The molecule has 3 rings (SSSR count). The van der Waals surface area contributed by atoms with Gasteiger partial charge in [-0.05, 0) is 19.1 Å². The topological polar surface area (TPSA) is 89.6 Å². The van der Waals surface area contributed by atoms with Crippen LogP contribution in [0.4, 0.5) is 0 Å². The summed E-state index contributed by atoms with van der Waals surface area (Å²) in [5.74, 6) is 0.544. The Morgan fingerprint density at radius 1 is 1.42 bits per heavy atom. The molecule has 19 heavy (non-hydrogen) atoms. The third kappa shape index (κ3) is 1.77. The number of nitrogens with zero attached hydrogens (tertiary/aromatic N) is 3. The van der Waals surface area contributed by atoms with E-state index in [1.165, 1.54) is 0 Å². The lowest BCUT2D eigenvalue weighted by Crippen LogP contribution is -2.12. The van der Waals surface area contributed by atoms with E-state index in [-0.39, 0.29) is 5.82 Å². The molecule has 0 atom stereocenters. The van der Waals surface area contributed by atoms with Crippen molar-refractivity contribution < 1.29 is 4.79 Å². The van der Waals surface area contributed by atoms with Crippen molar-refractivity contribution in [2.45, 2.75) is 6.92 Å². The highest BCUT2D eigenvalue weighted by Crippen LogP contribution is 2.23. The van der Waals surface area contributed by atoms with Gasteiger partial charge in [-0.3, -0.25) is 4.79 Å². The smallest absolute Gasteiger partial charge is 0.284 e. The van der Waals surface area contributed by atoms with E-state index >= 15 is 0 Å². The van der Waals surface area contributed by atoms with E-state index in [9.17, 15) is 4.79 Å². The summed E-state index contributed by atoms with van der Waals surface area (Å²) >= 11 is 0. The monoisotopic (exact) mass is 255 g/mol. The Morgan fingerprint density at radius 3 is 2.89 bits per heavy atom. The molecule has 1 aromatic carbocycles. The molecule has 0 spiro atoms. The lowest BCUT2D eigenvalue weighted by molar-refractivity contribution is 0.0991. The number of amides is 1. The predicted octanol–water partition coefficient (Wildman–Crippen LogP) is 1.37. The number of hydrogen-bond acceptors (Lipinski definition) is 3. The molecule has 2 aromatic heterocycles. The molecule has 1 amide bonds. The minimum atomic E-state index is -0.569. The van der Waals surface area contributed by atoms with E-state index in [2.05, 4.69) is 15.0 Å². The van der Waals surface area contributed by atoms with Gasteiger partial charge in [-0.1, -0.05) is 6.07 Å². The molecule has 96 valence electrons. The average Bonchev–Trinajstić information content (AvgIpc) is 2.96. The summed E-state index contributed by atoms with van der Waals surface area (Å²) in [5, 5.41) is 0. The van der Waals surface area contributed by atoms with Crippen molar-refractivity contribution in [2.75, 3.05) is 0 Å². The second kappa shape index (κ2) is 3.94. The molecule has 2 heterocycles. The number of primary amides is 1. The summed E-state index contributed by atoms with van der Waals surface area (Å²) in [6.07, 6.45) is 1.59. The molecule has 0 saturated heterocycles. The van der Waals surface area contributed by atoms with E-state index in [1.807, 2.05) is 36.7 Å². The number of aromatic nitrogens is 4. The van der Waals surface area contributed by atoms with Crippen LogP contribution in [0.1, 0.15) is 16.4 Å². The molecular formula is C13H13N5O. The first-order chi connectivity index (χ1) is 9.06. The molecule has 0 unspecified atom stereocenters. The summed E-state index contributed by atoms with van der Waals surface area (Å²) in [6.45, 7) is 1.96. The molecule has 0 aliphatic rings. The number of imidazole rings is 2. The van der Waals surface area contributed by atoms with Gasteiger partial charge in [0.1, 0.15) is 5.82 Å². The number of rotatable bonds is 2. The molecular weight excluding hydrogens is 242 g/mol. The maximum Gasteiger partial charge on any atom is 0.284 e. The zero-order valence-corrected chi connectivity index (χ0v) is 10.6. The highest BCUT2D eigenvalue weighted by atomic mass is 16.1. The van der Waals surface area contributed by atoms with Crippen molar-refractivity contribution in [3.63, 3.8) is 0 Å². The molecule has 3 N–H and O–H groups in total. The van der Waals surface area contributed by atoms with E-state index in [1.54, 1.807) is 6.20 Å². The van der Waals surface area contributed by atoms with Gasteiger partial charge < -0.3 is 15.3 Å². The number of nitrogens with two attached hydrogens (primary N) is 1. The van der Waals surface area contributed by atoms with Crippen molar-refractivity contribution >= 4 is 16.9 Å². The van der Waals surface area contributed by atoms with E-state index in [0.29, 0.717) is 0 Å². The molecule has 6 nitrogen and oxygen atoms in total. The van der Waals surface area contributed by atoms with Crippen LogP contribution in [0.5, 0.6) is 0 Å². The molecule has 3 aromatic rings. The minimum Gasteiger partial charge on any atom is -0.363 e. The van der Waals surface area contributed by atoms with Crippen molar-refractivity contribution in [1.29, 1.82) is 0 Å². The Labute approximate surface area is 109 Å². The number of benzene rings is 1. The lowest BCUT2D eigenvalue weighted by Gasteiger charge is -1.99. The average molecular weight is 255 g/mol. The second-order valence-electron chi connectivity index (χ2n) is 4.43. The van der Waals surface area contributed by atoms with Gasteiger partial charge in [0.2, 0.25) is 0 Å². The zero-order chi connectivity index (χ0) is 13.6. The van der Waals surface area contributed by atoms with Crippen LogP contribution >= 0.6 is 0 Å². The highest BCUT2D eigenvalue weighted by Gasteiger charge is 2.10. The van der Waals surface area contributed by atoms with E-state index in [4.69, 9.17) is 5.73 Å². The molecule has 0 aliphatic carbocycles. The fourth-order valence-electron chi connectivity index (χ4n) is 2.08. The standard InChI is InChI=1S/C13H13N5O/c1-7-16-9-5-8(3-4-11(9)18(7)2)10-6-15-13(17-10)12(14)19/h3-6H,1-2H3,(H2,14,19)(H,15,17). The van der Waals surface area contributed by atoms with Gasteiger partial charge in [-0.15, -0.1) is 0 Å². The van der Waals surface area contributed by atoms with Gasteiger partial charge in [0.25, 0.3) is 5.91 Å². The first kappa shape index (κ1) is 11.5. The maximum absolute atomic E-state index is 11.0. The van der Waals surface area contributed by atoms with Gasteiger partial charge in [0.05, 0.1) is 22.9 Å². The summed E-state index contributed by atoms with van der Waals surface area (Å²) < 4.78 is 2.03. The van der Waals surface area contributed by atoms with Crippen molar-refractivity contribution in [2.24, 2.45) is 12.8 Å². The Balaban J connectivity index is 2.12. The zero-order valence-electron chi connectivity index (χ0n) is 10.6. The maximum atomic E-state index is 11.0. The fraction of sp³-hybridized carbons (Fsp3) is 0.154. The Bertz CT molecular complexity index is 784. The summed E-state index contributed by atoms with van der Waals surface area (Å²) in [5.41, 5.74) is 8.82. The number of aryl methyl sites for hydroxylation is 2.